The van der Waals surface area contributed by atoms with Crippen LogP contribution in [0.5, 0.6) is 0 Å². The molecule has 0 aromatic heterocycles. The first-order valence-corrected chi connectivity index (χ1v) is 9.32. The van der Waals surface area contributed by atoms with E-state index in [0.29, 0.717) is 19.4 Å². The number of hydrogen-bond donors (Lipinski definition) is 1. The highest BCUT2D eigenvalue weighted by Crippen LogP contribution is 2.37. The van der Waals surface area contributed by atoms with Gasteiger partial charge in [-0.15, -0.1) is 0 Å². The monoisotopic (exact) mass is 408 g/mol. The lowest BCUT2D eigenvalue weighted by atomic mass is 10.1. The molecule has 0 saturated carbocycles. The smallest absolute Gasteiger partial charge is 0.258 e. The number of nitrogens with one attached hydrogen (secondary N) is 1. The van der Waals surface area contributed by atoms with Gasteiger partial charge in [-0.25, -0.2) is 0 Å². The Labute approximate surface area is 159 Å². The third kappa shape index (κ3) is 3.10. The second kappa shape index (κ2) is 6.92. The number of amides is 2. The minimum atomic E-state index is -0.0466. The topological polar surface area (TPSA) is 49.4 Å². The van der Waals surface area contributed by atoms with Gasteiger partial charge >= 0.3 is 0 Å². The molecule has 0 unspecified atom stereocenters. The molecule has 0 radical (unpaired) electrons. The Morgan fingerprint density at radius 2 is 1.73 bits per heavy atom. The fourth-order valence-corrected chi connectivity index (χ4v) is 3.62. The highest BCUT2D eigenvalue weighted by molar-refractivity contribution is 9.10. The molecule has 1 aliphatic rings. The van der Waals surface area contributed by atoms with Crippen LogP contribution in [0.25, 0.3) is 10.8 Å². The van der Waals surface area contributed by atoms with Crippen LogP contribution in [0.15, 0.2) is 65.1 Å². The van der Waals surface area contributed by atoms with Gasteiger partial charge in [0.2, 0.25) is 5.91 Å². The first kappa shape index (κ1) is 16.8. The Balaban J connectivity index is 1.40. The lowest BCUT2D eigenvalue weighted by Crippen LogP contribution is -2.28. The van der Waals surface area contributed by atoms with Crippen LogP contribution in [-0.2, 0) is 4.79 Å². The third-order valence-corrected chi connectivity index (χ3v) is 5.09. The van der Waals surface area contributed by atoms with Crippen molar-refractivity contribution in [1.29, 1.82) is 0 Å². The summed E-state index contributed by atoms with van der Waals surface area (Å²) >= 11 is 3.37. The van der Waals surface area contributed by atoms with Gasteiger partial charge in [-0.1, -0.05) is 40.2 Å². The Kier molecular flexibility index (Phi) is 4.47. The number of rotatable bonds is 5. The minimum absolute atomic E-state index is 0.0186. The van der Waals surface area contributed by atoms with Crippen molar-refractivity contribution in [2.75, 3.05) is 16.8 Å². The predicted octanol–water partition coefficient (Wildman–Crippen LogP) is 4.98. The van der Waals surface area contributed by atoms with E-state index in [1.807, 2.05) is 60.7 Å². The SMILES string of the molecule is O=C(CCCN1C(=O)c2cccc3cccc1c23)Nc1ccc(Br)cc1. The van der Waals surface area contributed by atoms with Gasteiger partial charge in [0.1, 0.15) is 0 Å². The van der Waals surface area contributed by atoms with Gasteiger partial charge in [0.15, 0.2) is 0 Å². The second-order valence-electron chi connectivity index (χ2n) is 6.30. The Bertz CT molecular complexity index is 993. The molecule has 4 nitrogen and oxygen atoms in total. The molecular formula is C21H17BrN2O2. The summed E-state index contributed by atoms with van der Waals surface area (Å²) in [5.74, 6) is -0.0280. The van der Waals surface area contributed by atoms with Crippen molar-refractivity contribution in [3.63, 3.8) is 0 Å². The first-order valence-electron chi connectivity index (χ1n) is 8.52. The van der Waals surface area contributed by atoms with Gasteiger partial charge in [0.05, 0.1) is 5.69 Å². The normalized spacial score (nSPS) is 12.7. The fourth-order valence-electron chi connectivity index (χ4n) is 3.36. The molecule has 0 aliphatic carbocycles. The van der Waals surface area contributed by atoms with E-state index in [9.17, 15) is 9.59 Å². The van der Waals surface area contributed by atoms with Crippen molar-refractivity contribution in [1.82, 2.24) is 0 Å². The average molecular weight is 409 g/mol. The van der Waals surface area contributed by atoms with Gasteiger partial charge < -0.3 is 10.2 Å². The predicted molar refractivity (Wildman–Crippen MR) is 108 cm³/mol. The maximum absolute atomic E-state index is 12.7. The molecular weight excluding hydrogens is 392 g/mol. The van der Waals surface area contributed by atoms with Crippen LogP contribution in [0.4, 0.5) is 11.4 Å². The van der Waals surface area contributed by atoms with Crippen molar-refractivity contribution in [3.8, 4) is 0 Å². The summed E-state index contributed by atoms with van der Waals surface area (Å²) in [5, 5.41) is 4.97. The van der Waals surface area contributed by atoms with Crippen LogP contribution in [-0.4, -0.2) is 18.4 Å². The maximum atomic E-state index is 12.7. The van der Waals surface area contributed by atoms with Gasteiger partial charge in [-0.3, -0.25) is 9.59 Å². The summed E-state index contributed by atoms with van der Waals surface area (Å²) < 4.78 is 0.969. The summed E-state index contributed by atoms with van der Waals surface area (Å²) in [5.41, 5.74) is 2.46. The largest absolute Gasteiger partial charge is 0.326 e. The van der Waals surface area contributed by atoms with Crippen LogP contribution in [0, 0.1) is 0 Å². The number of halogens is 1. The van der Waals surface area contributed by atoms with E-state index in [4.69, 9.17) is 0 Å². The van der Waals surface area contributed by atoms with E-state index in [2.05, 4.69) is 21.2 Å². The minimum Gasteiger partial charge on any atom is -0.326 e. The molecule has 0 bridgehead atoms. The van der Waals surface area contributed by atoms with Crippen molar-refractivity contribution in [2.45, 2.75) is 12.8 Å². The third-order valence-electron chi connectivity index (χ3n) is 4.56. The van der Waals surface area contributed by atoms with Crippen molar-refractivity contribution >= 4 is 49.9 Å². The number of carbonyl (C=O) groups excluding carboxylic acids is 2. The van der Waals surface area contributed by atoms with Crippen LogP contribution in [0.3, 0.4) is 0 Å². The zero-order valence-electron chi connectivity index (χ0n) is 14.0. The maximum Gasteiger partial charge on any atom is 0.258 e. The van der Waals surface area contributed by atoms with Crippen molar-refractivity contribution < 1.29 is 9.59 Å². The Morgan fingerprint density at radius 3 is 2.50 bits per heavy atom. The van der Waals surface area contributed by atoms with Gasteiger partial charge in [0.25, 0.3) is 5.91 Å². The molecule has 0 saturated heterocycles. The number of hydrogen-bond acceptors (Lipinski definition) is 2. The molecule has 4 rings (SSSR count). The summed E-state index contributed by atoms with van der Waals surface area (Å²) in [6.07, 6.45) is 0.977. The van der Waals surface area contributed by atoms with E-state index < -0.39 is 0 Å². The molecule has 1 N–H and O–H groups in total. The standard InChI is InChI=1S/C21H17BrN2O2/c22-15-9-11-16(12-10-15)23-19(25)8-3-13-24-18-7-2-5-14-4-1-6-17(20(14)18)21(24)26/h1-2,4-7,9-12H,3,8,13H2,(H,23,25). The first-order chi connectivity index (χ1) is 12.6. The number of carbonyl (C=O) groups is 2. The highest BCUT2D eigenvalue weighted by Gasteiger charge is 2.28. The van der Waals surface area contributed by atoms with Crippen LogP contribution >= 0.6 is 15.9 Å². The van der Waals surface area contributed by atoms with E-state index in [1.54, 1.807) is 4.90 Å². The van der Waals surface area contributed by atoms with E-state index in [-0.39, 0.29) is 11.8 Å². The number of anilines is 2. The molecule has 5 heteroatoms. The summed E-state index contributed by atoms with van der Waals surface area (Å²) in [7, 11) is 0. The second-order valence-corrected chi connectivity index (χ2v) is 7.21. The Morgan fingerprint density at radius 1 is 1.00 bits per heavy atom. The molecule has 2 amide bonds. The molecule has 26 heavy (non-hydrogen) atoms. The van der Waals surface area contributed by atoms with E-state index in [0.717, 1.165) is 32.2 Å². The lowest BCUT2D eigenvalue weighted by molar-refractivity contribution is -0.116. The molecule has 3 aromatic rings. The molecule has 130 valence electrons. The van der Waals surface area contributed by atoms with Gasteiger partial charge in [-0.05, 0) is 48.2 Å². The van der Waals surface area contributed by atoms with Gasteiger partial charge in [0, 0.05) is 34.1 Å². The molecule has 3 aromatic carbocycles. The molecule has 1 aliphatic heterocycles. The fraction of sp³-hybridized carbons (Fsp3) is 0.143. The van der Waals surface area contributed by atoms with Crippen molar-refractivity contribution in [2.24, 2.45) is 0 Å². The van der Waals surface area contributed by atoms with Crippen molar-refractivity contribution in [3.05, 3.63) is 70.7 Å². The average Bonchev–Trinajstić information content (AvgIpc) is 2.92. The summed E-state index contributed by atoms with van der Waals surface area (Å²) in [4.78, 5) is 26.6. The highest BCUT2D eigenvalue weighted by atomic mass is 79.9. The Hall–Kier alpha value is -2.66. The molecule has 0 atom stereocenters. The summed E-state index contributed by atoms with van der Waals surface area (Å²) in [6.45, 7) is 0.528. The molecule has 1 heterocycles. The zero-order valence-corrected chi connectivity index (χ0v) is 15.6. The zero-order chi connectivity index (χ0) is 18.1. The molecule has 0 spiro atoms. The van der Waals surface area contributed by atoms with Crippen LogP contribution in [0.2, 0.25) is 0 Å². The van der Waals surface area contributed by atoms with Crippen LogP contribution < -0.4 is 10.2 Å². The van der Waals surface area contributed by atoms with Gasteiger partial charge in [-0.2, -0.15) is 0 Å². The number of benzene rings is 3. The molecule has 0 fully saturated rings. The van der Waals surface area contributed by atoms with Crippen LogP contribution in [0.1, 0.15) is 23.2 Å². The summed E-state index contributed by atoms with van der Waals surface area (Å²) in [6, 6.07) is 19.2. The quantitative estimate of drug-likeness (QED) is 0.646. The number of nitrogens with zero attached hydrogens (tertiary/aromatic N) is 1. The van der Waals surface area contributed by atoms with E-state index in [1.165, 1.54) is 0 Å². The lowest BCUT2D eigenvalue weighted by Gasteiger charge is -2.17. The van der Waals surface area contributed by atoms with E-state index >= 15 is 0 Å².